The molecule has 0 spiro atoms. The minimum Gasteiger partial charge on any atom is -0.465 e. The quantitative estimate of drug-likeness (QED) is 0.445. The largest absolute Gasteiger partial charge is 0.465 e. The van der Waals surface area contributed by atoms with Crippen LogP contribution in [0.4, 0.5) is 10.5 Å². The number of anilines is 1. The average molecular weight is 458 g/mol. The third-order valence-electron chi connectivity index (χ3n) is 5.42. The van der Waals surface area contributed by atoms with Crippen molar-refractivity contribution < 1.29 is 9.90 Å². The summed E-state index contributed by atoms with van der Waals surface area (Å²) >= 11 is 0. The number of hydrogen-bond donors (Lipinski definition) is 1. The Labute approximate surface area is 197 Å². The molecule has 174 valence electrons. The fourth-order valence-corrected chi connectivity index (χ4v) is 3.78. The number of carbonyl (C=O) groups is 1. The first kappa shape index (κ1) is 23.0. The van der Waals surface area contributed by atoms with E-state index in [1.54, 1.807) is 33.8 Å². The summed E-state index contributed by atoms with van der Waals surface area (Å²) in [6, 6.07) is 16.6. The first-order valence-electron chi connectivity index (χ1n) is 11.1. The van der Waals surface area contributed by atoms with Gasteiger partial charge >= 0.3 is 6.09 Å². The molecule has 2 aromatic heterocycles. The van der Waals surface area contributed by atoms with Crippen LogP contribution in [0.3, 0.4) is 0 Å². The Morgan fingerprint density at radius 2 is 1.85 bits per heavy atom. The predicted octanol–water partition coefficient (Wildman–Crippen LogP) is 4.36. The molecule has 0 saturated heterocycles. The van der Waals surface area contributed by atoms with Crippen LogP contribution in [0.15, 0.2) is 78.0 Å². The molecular weight excluding hydrogens is 430 g/mol. The Morgan fingerprint density at radius 1 is 1.09 bits per heavy atom. The van der Waals surface area contributed by atoms with E-state index >= 15 is 0 Å². The monoisotopic (exact) mass is 457 g/mol. The molecule has 0 unspecified atom stereocenters. The van der Waals surface area contributed by atoms with Gasteiger partial charge in [-0.15, -0.1) is 0 Å². The van der Waals surface area contributed by atoms with Gasteiger partial charge in [-0.25, -0.2) is 9.48 Å². The van der Waals surface area contributed by atoms with Crippen molar-refractivity contribution in [2.45, 2.75) is 20.3 Å². The lowest BCUT2D eigenvalue weighted by molar-refractivity contribution is 0.201. The van der Waals surface area contributed by atoms with Crippen LogP contribution in [0.5, 0.6) is 0 Å². The van der Waals surface area contributed by atoms with E-state index < -0.39 is 6.09 Å². The minimum absolute atomic E-state index is 0.161. The molecule has 8 heteroatoms. The smallest absolute Gasteiger partial charge is 0.411 e. The second-order valence-electron chi connectivity index (χ2n) is 8.65. The molecule has 0 saturated carbocycles. The third kappa shape index (κ3) is 5.23. The molecule has 4 aromatic rings. The van der Waals surface area contributed by atoms with E-state index in [2.05, 4.69) is 10.2 Å². The molecule has 1 N–H and O–H groups in total. The summed E-state index contributed by atoms with van der Waals surface area (Å²) in [6.07, 6.45) is 4.71. The van der Waals surface area contributed by atoms with Crippen LogP contribution in [0.1, 0.15) is 25.1 Å². The van der Waals surface area contributed by atoms with Crippen LogP contribution in [-0.4, -0.2) is 37.3 Å². The lowest BCUT2D eigenvalue weighted by Crippen LogP contribution is -2.32. The maximum Gasteiger partial charge on any atom is 0.411 e. The van der Waals surface area contributed by atoms with Gasteiger partial charge in [-0.2, -0.15) is 10.2 Å². The van der Waals surface area contributed by atoms with Gasteiger partial charge in [0, 0.05) is 49.7 Å². The normalized spacial score (nSPS) is 11.1. The first-order chi connectivity index (χ1) is 16.3. The maximum absolute atomic E-state index is 12.5. The second-order valence-corrected chi connectivity index (χ2v) is 8.65. The van der Waals surface area contributed by atoms with E-state index in [1.807, 2.05) is 63.6 Å². The van der Waals surface area contributed by atoms with Crippen molar-refractivity contribution in [3.8, 4) is 16.8 Å². The lowest BCUT2D eigenvalue weighted by atomic mass is 10.1. The molecular formula is C26H27N5O3. The summed E-state index contributed by atoms with van der Waals surface area (Å²) in [5, 5.41) is 18.4. The van der Waals surface area contributed by atoms with Crippen molar-refractivity contribution in [2.24, 2.45) is 13.0 Å². The molecule has 8 nitrogen and oxygen atoms in total. The van der Waals surface area contributed by atoms with Crippen molar-refractivity contribution in [3.63, 3.8) is 0 Å². The fraction of sp³-hybridized carbons (Fsp3) is 0.231. The highest BCUT2D eigenvalue weighted by Gasteiger charge is 2.16. The highest BCUT2D eigenvalue weighted by Crippen LogP contribution is 2.21. The molecule has 0 atom stereocenters. The Morgan fingerprint density at radius 3 is 2.50 bits per heavy atom. The van der Waals surface area contributed by atoms with E-state index in [9.17, 15) is 14.7 Å². The zero-order valence-corrected chi connectivity index (χ0v) is 19.4. The molecule has 2 aromatic carbocycles. The van der Waals surface area contributed by atoms with E-state index in [1.165, 1.54) is 11.0 Å². The fourth-order valence-electron chi connectivity index (χ4n) is 3.78. The SMILES string of the molecule is CC(C)CN(C(=O)O)c1cccc(Cc2nn(-c3ccc(-c4cnn(C)c4)cc3)ccc2=O)c1. The molecule has 4 rings (SSSR count). The molecule has 0 aliphatic heterocycles. The van der Waals surface area contributed by atoms with Crippen molar-refractivity contribution in [3.05, 3.63) is 94.7 Å². The summed E-state index contributed by atoms with van der Waals surface area (Å²) in [6.45, 7) is 4.34. The van der Waals surface area contributed by atoms with Gasteiger partial charge in [-0.05, 0) is 41.3 Å². The highest BCUT2D eigenvalue weighted by atomic mass is 16.4. The number of hydrogen-bond acceptors (Lipinski definition) is 4. The Bertz CT molecular complexity index is 1360. The number of nitrogens with zero attached hydrogens (tertiary/aromatic N) is 5. The zero-order valence-electron chi connectivity index (χ0n) is 19.4. The van der Waals surface area contributed by atoms with Crippen molar-refractivity contribution in [2.75, 3.05) is 11.4 Å². The summed E-state index contributed by atoms with van der Waals surface area (Å²) in [7, 11) is 1.88. The molecule has 0 radical (unpaired) electrons. The molecule has 0 fully saturated rings. The zero-order chi connectivity index (χ0) is 24.2. The molecule has 0 bridgehead atoms. The van der Waals surface area contributed by atoms with Gasteiger partial charge < -0.3 is 5.11 Å². The number of benzene rings is 2. The number of rotatable bonds is 7. The van der Waals surface area contributed by atoms with Crippen LogP contribution in [-0.2, 0) is 13.5 Å². The van der Waals surface area contributed by atoms with Crippen LogP contribution in [0, 0.1) is 5.92 Å². The number of carboxylic acid groups (broad SMARTS) is 1. The van der Waals surface area contributed by atoms with Gasteiger partial charge in [0.1, 0.15) is 5.69 Å². The third-order valence-corrected chi connectivity index (χ3v) is 5.42. The van der Waals surface area contributed by atoms with Crippen molar-refractivity contribution >= 4 is 11.8 Å². The van der Waals surface area contributed by atoms with Gasteiger partial charge in [0.2, 0.25) is 5.43 Å². The van der Waals surface area contributed by atoms with Crippen molar-refractivity contribution in [1.29, 1.82) is 0 Å². The van der Waals surface area contributed by atoms with E-state index in [-0.39, 0.29) is 11.3 Å². The van der Waals surface area contributed by atoms with Crippen LogP contribution >= 0.6 is 0 Å². The number of amides is 1. The van der Waals surface area contributed by atoms with Gasteiger partial charge in [0.15, 0.2) is 0 Å². The summed E-state index contributed by atoms with van der Waals surface area (Å²) in [5.74, 6) is 0.187. The second kappa shape index (κ2) is 9.74. The standard InChI is InChI=1S/C26H27N5O3/c1-18(2)16-30(26(33)34)23-6-4-5-19(13-23)14-24-25(32)11-12-31(28-24)22-9-7-20(8-10-22)21-15-27-29(3)17-21/h4-13,15,17-18H,14,16H2,1-3H3,(H,33,34). The number of aryl methyl sites for hydroxylation is 1. The van der Waals surface area contributed by atoms with E-state index in [0.29, 0.717) is 24.3 Å². The first-order valence-corrected chi connectivity index (χ1v) is 11.1. The average Bonchev–Trinajstić information content (AvgIpc) is 3.25. The Hall–Kier alpha value is -4.20. The number of aromatic nitrogens is 4. The molecule has 1 amide bonds. The van der Waals surface area contributed by atoms with Gasteiger partial charge in [-0.1, -0.05) is 38.1 Å². The summed E-state index contributed by atoms with van der Waals surface area (Å²) < 4.78 is 3.43. The maximum atomic E-state index is 12.5. The lowest BCUT2D eigenvalue weighted by Gasteiger charge is -2.22. The van der Waals surface area contributed by atoms with Crippen LogP contribution in [0.25, 0.3) is 16.8 Å². The van der Waals surface area contributed by atoms with E-state index in [4.69, 9.17) is 0 Å². The van der Waals surface area contributed by atoms with Crippen LogP contribution in [0.2, 0.25) is 0 Å². The van der Waals surface area contributed by atoms with Gasteiger partial charge in [0.25, 0.3) is 0 Å². The predicted molar refractivity (Wildman–Crippen MR) is 131 cm³/mol. The van der Waals surface area contributed by atoms with Gasteiger partial charge in [0.05, 0.1) is 11.9 Å². The molecule has 2 heterocycles. The molecule has 0 aliphatic rings. The van der Waals surface area contributed by atoms with E-state index in [0.717, 1.165) is 22.4 Å². The van der Waals surface area contributed by atoms with Crippen molar-refractivity contribution in [1.82, 2.24) is 19.6 Å². The topological polar surface area (TPSA) is 93.2 Å². The minimum atomic E-state index is -0.999. The molecule has 34 heavy (non-hydrogen) atoms. The van der Waals surface area contributed by atoms with Gasteiger partial charge in [-0.3, -0.25) is 14.4 Å². The molecule has 0 aliphatic carbocycles. The summed E-state index contributed by atoms with van der Waals surface area (Å²) in [4.78, 5) is 25.6. The van der Waals surface area contributed by atoms with Crippen LogP contribution < -0.4 is 10.3 Å². The Kier molecular flexibility index (Phi) is 6.58. The Balaban J connectivity index is 1.59. The highest BCUT2D eigenvalue weighted by molar-refractivity contribution is 5.86. The summed E-state index contributed by atoms with van der Waals surface area (Å²) in [5.41, 5.74) is 4.53.